The van der Waals surface area contributed by atoms with E-state index in [1.165, 1.54) is 0 Å². The first kappa shape index (κ1) is 15.7. The van der Waals surface area contributed by atoms with Crippen LogP contribution in [0.1, 0.15) is 11.6 Å². The lowest BCUT2D eigenvalue weighted by atomic mass is 10.1. The average Bonchev–Trinajstić information content (AvgIpc) is 2.48. The van der Waals surface area contributed by atoms with Gasteiger partial charge in [-0.3, -0.25) is 0 Å². The summed E-state index contributed by atoms with van der Waals surface area (Å²) in [5, 5.41) is 0. The van der Waals surface area contributed by atoms with Crippen LogP contribution in [0.25, 0.3) is 0 Å². The Labute approximate surface area is 126 Å². The molecule has 5 heteroatoms. The smallest absolute Gasteiger partial charge is 0.241 e. The SMILES string of the molecule is CN(C)C[C@@H](NS(=O)(=O)c1ccccc1)c1ccccc1. The highest BCUT2D eigenvalue weighted by atomic mass is 32.2. The summed E-state index contributed by atoms with van der Waals surface area (Å²) in [6.45, 7) is 0.593. The van der Waals surface area contributed by atoms with Gasteiger partial charge in [0.2, 0.25) is 10.0 Å². The molecule has 0 heterocycles. The molecule has 0 bridgehead atoms. The third-order valence-corrected chi connectivity index (χ3v) is 4.59. The van der Waals surface area contributed by atoms with Gasteiger partial charge in [0, 0.05) is 6.54 Å². The zero-order chi connectivity index (χ0) is 15.3. The molecule has 0 unspecified atom stereocenters. The molecule has 2 aromatic rings. The number of sulfonamides is 1. The highest BCUT2D eigenvalue weighted by Crippen LogP contribution is 2.17. The first-order valence-corrected chi connectivity index (χ1v) is 8.24. The van der Waals surface area contributed by atoms with E-state index in [1.54, 1.807) is 30.3 Å². The van der Waals surface area contributed by atoms with Crippen LogP contribution in [0.15, 0.2) is 65.6 Å². The number of nitrogens with zero attached hydrogens (tertiary/aromatic N) is 1. The van der Waals surface area contributed by atoms with Gasteiger partial charge in [-0.1, -0.05) is 48.5 Å². The number of hydrogen-bond acceptors (Lipinski definition) is 3. The van der Waals surface area contributed by atoms with E-state index in [9.17, 15) is 8.42 Å². The summed E-state index contributed by atoms with van der Waals surface area (Å²) in [5.41, 5.74) is 0.950. The van der Waals surface area contributed by atoms with Crippen LogP contribution >= 0.6 is 0 Å². The minimum absolute atomic E-state index is 0.282. The van der Waals surface area contributed by atoms with Crippen LogP contribution < -0.4 is 4.72 Å². The molecule has 0 spiro atoms. The summed E-state index contributed by atoms with van der Waals surface area (Å²) in [6, 6.07) is 17.8. The molecule has 0 saturated carbocycles. The predicted octanol–water partition coefficient (Wildman–Crippen LogP) is 2.27. The van der Waals surface area contributed by atoms with Gasteiger partial charge in [0.1, 0.15) is 0 Å². The molecule has 0 aromatic heterocycles. The molecule has 0 aliphatic carbocycles. The molecule has 2 aromatic carbocycles. The van der Waals surface area contributed by atoms with Crippen LogP contribution in [0.4, 0.5) is 0 Å². The molecule has 0 amide bonds. The Morgan fingerprint density at radius 1 is 0.952 bits per heavy atom. The van der Waals surface area contributed by atoms with Gasteiger partial charge in [-0.15, -0.1) is 0 Å². The highest BCUT2D eigenvalue weighted by molar-refractivity contribution is 7.89. The fraction of sp³-hybridized carbons (Fsp3) is 0.250. The van der Waals surface area contributed by atoms with E-state index < -0.39 is 10.0 Å². The van der Waals surface area contributed by atoms with Crippen molar-refractivity contribution in [1.82, 2.24) is 9.62 Å². The van der Waals surface area contributed by atoms with Crippen LogP contribution in [0, 0.1) is 0 Å². The molecule has 0 fully saturated rings. The zero-order valence-corrected chi connectivity index (χ0v) is 13.0. The maximum atomic E-state index is 12.5. The van der Waals surface area contributed by atoms with E-state index in [4.69, 9.17) is 0 Å². The molecule has 0 aliphatic heterocycles. The summed E-state index contributed by atoms with van der Waals surface area (Å²) >= 11 is 0. The molecule has 2 rings (SSSR count). The van der Waals surface area contributed by atoms with Crippen molar-refractivity contribution >= 4 is 10.0 Å². The third kappa shape index (κ3) is 4.39. The highest BCUT2D eigenvalue weighted by Gasteiger charge is 2.21. The minimum Gasteiger partial charge on any atom is -0.307 e. The van der Waals surface area contributed by atoms with Crippen molar-refractivity contribution in [3.05, 3.63) is 66.2 Å². The second-order valence-corrected chi connectivity index (χ2v) is 6.87. The minimum atomic E-state index is -3.53. The van der Waals surface area contributed by atoms with Crippen LogP contribution in [0.5, 0.6) is 0 Å². The molecule has 4 nitrogen and oxygen atoms in total. The Morgan fingerprint density at radius 2 is 1.48 bits per heavy atom. The monoisotopic (exact) mass is 304 g/mol. The quantitative estimate of drug-likeness (QED) is 0.890. The fourth-order valence-corrected chi connectivity index (χ4v) is 3.35. The zero-order valence-electron chi connectivity index (χ0n) is 12.2. The number of rotatable bonds is 6. The van der Waals surface area contributed by atoms with Gasteiger partial charge in [-0.2, -0.15) is 0 Å². The number of hydrogen-bond donors (Lipinski definition) is 1. The third-order valence-electron chi connectivity index (χ3n) is 3.10. The predicted molar refractivity (Wildman–Crippen MR) is 84.5 cm³/mol. The van der Waals surface area contributed by atoms with Crippen molar-refractivity contribution in [2.75, 3.05) is 20.6 Å². The molecule has 1 atom stereocenters. The molecule has 0 radical (unpaired) electrons. The first-order chi connectivity index (χ1) is 9.99. The summed E-state index contributed by atoms with van der Waals surface area (Å²) in [5.74, 6) is 0. The molecular formula is C16H20N2O2S. The van der Waals surface area contributed by atoms with Crippen molar-refractivity contribution in [3.63, 3.8) is 0 Å². The molecule has 112 valence electrons. The lowest BCUT2D eigenvalue weighted by Gasteiger charge is -2.22. The van der Waals surface area contributed by atoms with Crippen molar-refractivity contribution in [2.24, 2.45) is 0 Å². The molecule has 1 N–H and O–H groups in total. The second kappa shape index (κ2) is 6.85. The summed E-state index contributed by atoms with van der Waals surface area (Å²) in [7, 11) is 0.317. The largest absolute Gasteiger partial charge is 0.307 e. The van der Waals surface area contributed by atoms with E-state index in [0.717, 1.165) is 5.56 Å². The van der Waals surface area contributed by atoms with E-state index in [0.29, 0.717) is 6.54 Å². The normalized spacial score (nSPS) is 13.3. The molecule has 21 heavy (non-hydrogen) atoms. The number of nitrogens with one attached hydrogen (secondary N) is 1. The lowest BCUT2D eigenvalue weighted by molar-refractivity contribution is 0.363. The Balaban J connectivity index is 2.27. The summed E-state index contributed by atoms with van der Waals surface area (Å²) in [4.78, 5) is 2.25. The maximum Gasteiger partial charge on any atom is 0.241 e. The van der Waals surface area contributed by atoms with E-state index in [-0.39, 0.29) is 10.9 Å². The van der Waals surface area contributed by atoms with Gasteiger partial charge in [0.15, 0.2) is 0 Å². The number of likely N-dealkylation sites (N-methyl/N-ethyl adjacent to an activating group) is 1. The van der Waals surface area contributed by atoms with Crippen LogP contribution in [-0.4, -0.2) is 34.0 Å². The topological polar surface area (TPSA) is 49.4 Å². The molecular weight excluding hydrogens is 284 g/mol. The van der Waals surface area contributed by atoms with Crippen molar-refractivity contribution in [1.29, 1.82) is 0 Å². The van der Waals surface area contributed by atoms with Crippen molar-refractivity contribution in [2.45, 2.75) is 10.9 Å². The van der Waals surface area contributed by atoms with Gasteiger partial charge >= 0.3 is 0 Å². The van der Waals surface area contributed by atoms with Crippen molar-refractivity contribution < 1.29 is 8.42 Å². The van der Waals surface area contributed by atoms with Crippen LogP contribution in [0.2, 0.25) is 0 Å². The van der Waals surface area contributed by atoms with E-state index in [1.807, 2.05) is 49.3 Å². The van der Waals surface area contributed by atoms with Gasteiger partial charge in [-0.25, -0.2) is 13.1 Å². The Hall–Kier alpha value is -1.69. The molecule has 0 aliphatic rings. The average molecular weight is 304 g/mol. The number of benzene rings is 2. The van der Waals surface area contributed by atoms with Gasteiger partial charge in [0.25, 0.3) is 0 Å². The van der Waals surface area contributed by atoms with Crippen LogP contribution in [-0.2, 0) is 10.0 Å². The van der Waals surface area contributed by atoms with Gasteiger partial charge in [0.05, 0.1) is 10.9 Å². The fourth-order valence-electron chi connectivity index (χ4n) is 2.12. The Kier molecular flexibility index (Phi) is 5.12. The standard InChI is InChI=1S/C16H20N2O2S/c1-18(2)13-16(14-9-5-3-6-10-14)17-21(19,20)15-11-7-4-8-12-15/h3-12,16-17H,13H2,1-2H3/t16-/m1/s1. The van der Waals surface area contributed by atoms with Crippen molar-refractivity contribution in [3.8, 4) is 0 Å². The Bertz CT molecular complexity index is 655. The van der Waals surface area contributed by atoms with Gasteiger partial charge < -0.3 is 4.90 Å². The first-order valence-electron chi connectivity index (χ1n) is 6.76. The van der Waals surface area contributed by atoms with E-state index >= 15 is 0 Å². The lowest BCUT2D eigenvalue weighted by Crippen LogP contribution is -2.35. The molecule has 0 saturated heterocycles. The van der Waals surface area contributed by atoms with Crippen LogP contribution in [0.3, 0.4) is 0 Å². The second-order valence-electron chi connectivity index (χ2n) is 5.16. The Morgan fingerprint density at radius 3 is 2.00 bits per heavy atom. The van der Waals surface area contributed by atoms with E-state index in [2.05, 4.69) is 4.72 Å². The van der Waals surface area contributed by atoms with Gasteiger partial charge in [-0.05, 0) is 31.8 Å². The maximum absolute atomic E-state index is 12.5. The summed E-state index contributed by atoms with van der Waals surface area (Å²) < 4.78 is 27.7. The summed E-state index contributed by atoms with van der Waals surface area (Å²) in [6.07, 6.45) is 0.